The van der Waals surface area contributed by atoms with Crippen molar-refractivity contribution in [2.45, 2.75) is 362 Å². The van der Waals surface area contributed by atoms with Crippen LogP contribution in [0.5, 0.6) is 0 Å². The average Bonchev–Trinajstić information content (AvgIpc) is 0.758. The van der Waals surface area contributed by atoms with Gasteiger partial charge in [-0.25, -0.2) is 28.8 Å². The molecule has 0 aromatic heterocycles. The molecule has 66 heteroatoms. The molecule has 0 aromatic carbocycles. The van der Waals surface area contributed by atoms with E-state index in [9.17, 15) is 238 Å². The van der Waals surface area contributed by atoms with Crippen LogP contribution < -0.4 is 10.6 Å². The van der Waals surface area contributed by atoms with Crippen molar-refractivity contribution in [2.24, 2.45) is 0 Å². The third-order valence-electron chi connectivity index (χ3n) is 25.5. The van der Waals surface area contributed by atoms with Gasteiger partial charge in [-0.2, -0.15) is 0 Å². The third-order valence-corrected chi connectivity index (χ3v) is 25.5. The van der Waals surface area contributed by atoms with Crippen molar-refractivity contribution in [3.63, 3.8) is 0 Å². The lowest BCUT2D eigenvalue weighted by atomic mass is 9.88. The number of hydrogen-bond acceptors (Lipinski definition) is 58. The number of hydrogen-bond donors (Lipinski definition) is 41. The van der Waals surface area contributed by atoms with E-state index in [1.54, 1.807) is 0 Å². The van der Waals surface area contributed by atoms with Gasteiger partial charge in [0.25, 0.3) is 34.7 Å². The van der Waals surface area contributed by atoms with Gasteiger partial charge in [0.15, 0.2) is 18.9 Å². The number of aliphatic carboxylic acids is 6. The van der Waals surface area contributed by atoms with Gasteiger partial charge in [0, 0.05) is 52.4 Å². The molecule has 142 heavy (non-hydrogen) atoms. The zero-order valence-corrected chi connectivity index (χ0v) is 74.2. The molecule has 41 N–H and O–H groups in total. The highest BCUT2D eigenvalue weighted by Crippen LogP contribution is 2.47. The SMILES string of the molecule is CC(=O)N[C@@H]1[C@@H](O[C@H]2O[C@H](CO)[C@H](O)[C@H](O[C@@H]3O[C@H](CO)[C@H](O)[C@H](O[C@]4(C(=O)O)C[C@H](O)[C@@H](O)[C@H]([C@H](O)[C@H](O)CO)O4)[C@H]3O)[C@H]2NC(C)=O)[C@@H](O)[C@@H](CO[C@]2(C(=O)O)C[C@H](O)[C@@H](O)[C@H]([C@H](O)[C@@H](CO)O[C@]3(C(=O)O)C[C@H](O)[C@@H](O)[C@H]([C@H](O)[C@@H](CO)O[C@]4(C(=O)O)C[C@H](O)[C@@H](O)[C@H]([C@H](O)[C@@H](CO)O[C@]5(C(=O)O)C[C@H](O)[C@@H](O)[C@H]([C@H](O)[C@@H](CO)O[C@]6(C(=O)O)C[C@H](O)[C@@H](O)[C@H]([C@H](O)[C@H](O)CO)O6)O5)O4)O3)O2)O[C@@H]1O. The van der Waals surface area contributed by atoms with E-state index in [0.717, 1.165) is 13.8 Å². The fraction of sp³-hybridized carbons (Fsp3) is 0.895. The Morgan fingerprint density at radius 1 is 0.303 bits per heavy atom. The van der Waals surface area contributed by atoms with E-state index in [1.807, 2.05) is 0 Å². The van der Waals surface area contributed by atoms with Crippen LogP contribution in [-0.4, -0.2) is 616 Å². The monoisotopic (exact) mass is 2090 g/mol. The van der Waals surface area contributed by atoms with Crippen LogP contribution in [0.1, 0.15) is 52.4 Å². The van der Waals surface area contributed by atoms with Crippen molar-refractivity contribution in [2.75, 3.05) is 59.5 Å². The number of amides is 2. The predicted molar refractivity (Wildman–Crippen MR) is 423 cm³/mol. The van der Waals surface area contributed by atoms with Crippen LogP contribution >= 0.6 is 0 Å². The van der Waals surface area contributed by atoms with E-state index in [1.165, 1.54) is 0 Å². The van der Waals surface area contributed by atoms with E-state index in [-0.39, 0.29) is 0 Å². The highest BCUT2D eigenvalue weighted by molar-refractivity contribution is 5.79. The van der Waals surface area contributed by atoms with Gasteiger partial charge < -0.3 is 290 Å². The second-order valence-electron chi connectivity index (χ2n) is 35.2. The lowest BCUT2D eigenvalue weighted by molar-refractivity contribution is -0.388. The Morgan fingerprint density at radius 3 is 0.852 bits per heavy atom. The Balaban J connectivity index is 0.920. The quantitative estimate of drug-likeness (QED) is 0.0269. The summed E-state index contributed by atoms with van der Waals surface area (Å²) in [4.78, 5) is 106. The Bertz CT molecular complexity index is 4160. The van der Waals surface area contributed by atoms with E-state index in [0.29, 0.717) is 0 Å². The van der Waals surface area contributed by atoms with Gasteiger partial charge in [-0.3, -0.25) is 9.59 Å². The number of rotatable bonds is 45. The molecule has 9 aliphatic rings. The van der Waals surface area contributed by atoms with Crippen LogP contribution in [0.3, 0.4) is 0 Å². The van der Waals surface area contributed by atoms with E-state index in [4.69, 9.17) is 80.5 Å². The molecule has 0 bridgehead atoms. The van der Waals surface area contributed by atoms with E-state index >= 15 is 0 Å². The zero-order chi connectivity index (χ0) is 107. The smallest absolute Gasteiger partial charge is 0.364 e. The van der Waals surface area contributed by atoms with Gasteiger partial charge in [-0.15, -0.1) is 0 Å². The number of aliphatic hydroxyl groups excluding tert-OH is 33. The minimum atomic E-state index is -3.79. The van der Waals surface area contributed by atoms with Crippen molar-refractivity contribution in [3.05, 3.63) is 0 Å². The lowest BCUT2D eigenvalue weighted by Crippen LogP contribution is -2.71. The first-order valence-corrected chi connectivity index (χ1v) is 43.5. The first-order chi connectivity index (χ1) is 66.3. The summed E-state index contributed by atoms with van der Waals surface area (Å²) in [6, 6.07) is -4.23. The summed E-state index contributed by atoms with van der Waals surface area (Å²) in [7, 11) is 0. The number of aliphatic hydroxyl groups is 33. The maximum atomic E-state index is 13.6. The van der Waals surface area contributed by atoms with Crippen molar-refractivity contribution in [1.29, 1.82) is 0 Å². The largest absolute Gasteiger partial charge is 0.477 e. The summed E-state index contributed by atoms with van der Waals surface area (Å²) < 4.78 is 94.8. The predicted octanol–water partition coefficient (Wildman–Crippen LogP) is -25.1. The molecule has 0 spiro atoms. The molecule has 9 aliphatic heterocycles. The summed E-state index contributed by atoms with van der Waals surface area (Å²) in [5, 5.41) is 433. The number of carboxylic acids is 6. The molecule has 9 heterocycles. The Hall–Kier alpha value is -6.24. The highest BCUT2D eigenvalue weighted by atomic mass is 16.8. The van der Waals surface area contributed by atoms with Gasteiger partial charge in [-0.1, -0.05) is 0 Å². The second kappa shape index (κ2) is 48.6. The maximum absolute atomic E-state index is 13.6. The topological polar surface area (TPSA) is 1110 Å². The number of nitrogens with one attached hydrogen (secondary N) is 2. The molecule has 0 radical (unpaired) electrons. The third kappa shape index (κ3) is 24.7. The second-order valence-corrected chi connectivity index (χ2v) is 35.2. The highest BCUT2D eigenvalue weighted by Gasteiger charge is 2.68. The molecule has 0 unspecified atom stereocenters. The van der Waals surface area contributed by atoms with Crippen LogP contribution in [0.2, 0.25) is 0 Å². The standard InChI is InChI=1S/C76H122N2O64/c1-18(87)77-35-53(130-63-36(78-19(2)88)54(45(105)28(11-81)128-63)131-64-52(112)61(46(106)29(12-82)129-64)142-76(70(124)125)8-25(94)38(98)56(138-76)44(104)27(96)10-80)51(111)34(127-62(35)113)17-126-71(65(114)115)3-20(89)39(99)57(136-71)47(107)30(13-83)133-73(67(118)119)5-22(91)41(101)59(139-73)49(109)32(15-85)135-75(69(122)123)7-24(93)42(102)60(141-75)50(110)33(16-86)134-74(68(120)121)6-23(92)40(100)58(140-74)48(108)31(14-84)132-72(66(116)117)4-21(90)37(97)55(137-72)43(103)26(95)9-79/h20-64,79-86,89-113H,3-17H2,1-2H3,(H,77,87)(H,78,88)(H,114,115)(H,116,117)(H,118,119)(H,120,121)(H,122,123)(H,124,125)/t20-,21-,22-,23-,24-,25-,26+,27+,28+,29+,30+,31+,32+,33+,34+,35+,36+,37+,38+,39+,40+,41+,42+,43+,44+,45-,46-,47+,48+,49+,50+,51-,52+,53+,54+,55+,56+,57+,58+,59+,60+,61-,62-,63+,64-,71+,72+,73+,74+,75+,76-/m0/s1. The summed E-state index contributed by atoms with van der Waals surface area (Å²) in [5.41, 5.74) is 0. The molecule has 820 valence electrons. The molecule has 51 atom stereocenters. The number of ether oxygens (including phenoxy) is 17. The minimum Gasteiger partial charge on any atom is -0.477 e. The van der Waals surface area contributed by atoms with Gasteiger partial charge in [0.05, 0.1) is 96.1 Å². The maximum Gasteiger partial charge on any atom is 0.364 e. The van der Waals surface area contributed by atoms with Crippen molar-refractivity contribution < 1.29 is 318 Å². The van der Waals surface area contributed by atoms with Crippen molar-refractivity contribution in [3.8, 4) is 0 Å². The Morgan fingerprint density at radius 2 is 0.556 bits per heavy atom. The molecule has 9 saturated heterocycles. The van der Waals surface area contributed by atoms with E-state index in [2.05, 4.69) is 10.6 Å². The Labute approximate surface area is 795 Å². The first-order valence-electron chi connectivity index (χ1n) is 43.5. The molecule has 9 rings (SSSR count). The molecule has 0 aromatic rings. The number of carboxylic acid groups (broad SMARTS) is 6. The molecule has 66 nitrogen and oxygen atoms in total. The van der Waals surface area contributed by atoms with Gasteiger partial charge in [0.2, 0.25) is 11.8 Å². The molecule has 9 fully saturated rings. The zero-order valence-electron chi connectivity index (χ0n) is 74.2. The van der Waals surface area contributed by atoms with Crippen molar-refractivity contribution >= 4 is 47.6 Å². The van der Waals surface area contributed by atoms with E-state index < -0.39 is 455 Å². The van der Waals surface area contributed by atoms with Gasteiger partial charge in [-0.05, 0) is 0 Å². The summed E-state index contributed by atoms with van der Waals surface area (Å²) in [6.45, 7) is -11.9. The van der Waals surface area contributed by atoms with Crippen molar-refractivity contribution in [1.82, 2.24) is 10.6 Å². The summed E-state index contributed by atoms with van der Waals surface area (Å²) >= 11 is 0. The lowest BCUT2D eigenvalue weighted by Gasteiger charge is -2.51. The fourth-order valence-corrected chi connectivity index (χ4v) is 17.7. The molecular formula is C76H122N2O64. The normalized spacial score (nSPS) is 43.8. The molecule has 0 aliphatic carbocycles. The Kier molecular flexibility index (Phi) is 40.8. The van der Waals surface area contributed by atoms with Crippen LogP contribution in [0, 0.1) is 0 Å². The molecule has 2 amide bonds. The number of carbonyl (C=O) groups excluding carboxylic acids is 2. The fourth-order valence-electron chi connectivity index (χ4n) is 17.7. The average molecular weight is 2090 g/mol. The first kappa shape index (κ1) is 119. The van der Waals surface area contributed by atoms with Crippen LogP contribution in [0.15, 0.2) is 0 Å². The molecule has 0 saturated carbocycles. The minimum absolute atomic E-state index is 0.818. The molecular weight excluding hydrogens is 1960 g/mol. The van der Waals surface area contributed by atoms with Gasteiger partial charge >= 0.3 is 35.8 Å². The van der Waals surface area contributed by atoms with Crippen LogP contribution in [0.25, 0.3) is 0 Å². The van der Waals surface area contributed by atoms with Crippen LogP contribution in [-0.2, 0) is 119 Å². The van der Waals surface area contributed by atoms with Gasteiger partial charge in [0.1, 0.15) is 220 Å². The summed E-state index contributed by atoms with van der Waals surface area (Å²) in [5.74, 6) is -38.1. The van der Waals surface area contributed by atoms with Crippen LogP contribution in [0.4, 0.5) is 0 Å². The number of carbonyl (C=O) groups is 8. The summed E-state index contributed by atoms with van der Waals surface area (Å²) in [6.07, 6.45) is -118.